The summed E-state index contributed by atoms with van der Waals surface area (Å²) in [5, 5.41) is 3.45. The first-order valence-corrected chi connectivity index (χ1v) is 7.42. The van der Waals surface area contributed by atoms with E-state index in [0.29, 0.717) is 5.41 Å². The Bertz CT molecular complexity index is 170. The summed E-state index contributed by atoms with van der Waals surface area (Å²) in [5.74, 6) is 0.855. The van der Waals surface area contributed by atoms with E-state index in [-0.39, 0.29) is 0 Å². The smallest absolute Gasteiger partial charge is 0.00227 e. The van der Waals surface area contributed by atoms with Crippen LogP contribution in [0.2, 0.25) is 0 Å². The SMILES string of the molecule is CCCCCCCCCC1(C(C)C)CNC1. The molecule has 96 valence electrons. The summed E-state index contributed by atoms with van der Waals surface area (Å²) >= 11 is 0. The first kappa shape index (κ1) is 14.0. The van der Waals surface area contributed by atoms with Gasteiger partial charge in [-0.25, -0.2) is 0 Å². The van der Waals surface area contributed by atoms with Gasteiger partial charge in [-0.2, -0.15) is 0 Å². The summed E-state index contributed by atoms with van der Waals surface area (Å²) in [6.45, 7) is 9.60. The molecule has 1 fully saturated rings. The van der Waals surface area contributed by atoms with E-state index >= 15 is 0 Å². The second-order valence-electron chi connectivity index (χ2n) is 5.99. The fraction of sp³-hybridized carbons (Fsp3) is 1.00. The molecule has 0 atom stereocenters. The van der Waals surface area contributed by atoms with Crippen molar-refractivity contribution in [2.24, 2.45) is 11.3 Å². The lowest BCUT2D eigenvalue weighted by Gasteiger charge is -2.46. The molecule has 1 heterocycles. The summed E-state index contributed by atoms with van der Waals surface area (Å²) in [6, 6.07) is 0. The Morgan fingerprint density at radius 2 is 1.50 bits per heavy atom. The summed E-state index contributed by atoms with van der Waals surface area (Å²) in [4.78, 5) is 0. The van der Waals surface area contributed by atoms with Crippen LogP contribution in [0, 0.1) is 11.3 Å². The minimum Gasteiger partial charge on any atom is -0.316 e. The predicted octanol–water partition coefficient (Wildman–Crippen LogP) is 4.37. The average Bonchev–Trinajstić information content (AvgIpc) is 2.19. The van der Waals surface area contributed by atoms with Crippen LogP contribution in [0.25, 0.3) is 0 Å². The maximum Gasteiger partial charge on any atom is 0.00227 e. The van der Waals surface area contributed by atoms with Gasteiger partial charge in [-0.15, -0.1) is 0 Å². The van der Waals surface area contributed by atoms with Gasteiger partial charge in [-0.1, -0.05) is 65.7 Å². The lowest BCUT2D eigenvalue weighted by atomic mass is 9.69. The van der Waals surface area contributed by atoms with Gasteiger partial charge in [0.05, 0.1) is 0 Å². The van der Waals surface area contributed by atoms with E-state index < -0.39 is 0 Å². The van der Waals surface area contributed by atoms with Crippen molar-refractivity contribution in [3.05, 3.63) is 0 Å². The molecule has 1 nitrogen and oxygen atoms in total. The highest BCUT2D eigenvalue weighted by atomic mass is 15.0. The first-order valence-electron chi connectivity index (χ1n) is 7.42. The molecule has 16 heavy (non-hydrogen) atoms. The monoisotopic (exact) mass is 225 g/mol. The van der Waals surface area contributed by atoms with E-state index in [1.165, 1.54) is 64.5 Å². The Morgan fingerprint density at radius 3 is 1.94 bits per heavy atom. The van der Waals surface area contributed by atoms with Gasteiger partial charge in [0.15, 0.2) is 0 Å². The molecule has 0 radical (unpaired) electrons. The molecule has 0 bridgehead atoms. The van der Waals surface area contributed by atoms with Gasteiger partial charge < -0.3 is 5.32 Å². The van der Waals surface area contributed by atoms with Crippen molar-refractivity contribution >= 4 is 0 Å². The van der Waals surface area contributed by atoms with Crippen LogP contribution >= 0.6 is 0 Å². The topological polar surface area (TPSA) is 12.0 Å². The Balaban J connectivity index is 1.98. The number of unbranched alkanes of at least 4 members (excludes halogenated alkanes) is 6. The van der Waals surface area contributed by atoms with Gasteiger partial charge in [0.2, 0.25) is 0 Å². The highest BCUT2D eigenvalue weighted by Gasteiger charge is 2.38. The van der Waals surface area contributed by atoms with E-state index in [9.17, 15) is 0 Å². The molecule has 0 aromatic carbocycles. The molecule has 1 aliphatic rings. The third kappa shape index (κ3) is 4.08. The van der Waals surface area contributed by atoms with Crippen LogP contribution in [0.5, 0.6) is 0 Å². The van der Waals surface area contributed by atoms with Crippen LogP contribution in [-0.2, 0) is 0 Å². The summed E-state index contributed by atoms with van der Waals surface area (Å²) in [5.41, 5.74) is 0.656. The van der Waals surface area contributed by atoms with Crippen molar-refractivity contribution in [1.29, 1.82) is 0 Å². The molecule has 1 heteroatoms. The zero-order valence-electron chi connectivity index (χ0n) is 11.6. The second-order valence-corrected chi connectivity index (χ2v) is 5.99. The van der Waals surface area contributed by atoms with Crippen LogP contribution in [0.15, 0.2) is 0 Å². The third-order valence-corrected chi connectivity index (χ3v) is 4.46. The average molecular weight is 225 g/mol. The first-order chi connectivity index (χ1) is 7.71. The Morgan fingerprint density at radius 1 is 0.938 bits per heavy atom. The molecule has 0 spiro atoms. The molecule has 1 N–H and O–H groups in total. The van der Waals surface area contributed by atoms with Crippen LogP contribution in [0.1, 0.15) is 72.1 Å². The summed E-state index contributed by atoms with van der Waals surface area (Å²) < 4.78 is 0. The fourth-order valence-electron chi connectivity index (χ4n) is 2.75. The van der Waals surface area contributed by atoms with Crippen molar-refractivity contribution in [1.82, 2.24) is 5.32 Å². The number of hydrogen-bond acceptors (Lipinski definition) is 1. The lowest BCUT2D eigenvalue weighted by Crippen LogP contribution is -2.56. The van der Waals surface area contributed by atoms with Gasteiger partial charge in [-0.3, -0.25) is 0 Å². The third-order valence-electron chi connectivity index (χ3n) is 4.46. The quantitative estimate of drug-likeness (QED) is 0.574. The summed E-state index contributed by atoms with van der Waals surface area (Å²) in [7, 11) is 0. The Hall–Kier alpha value is -0.0400. The highest BCUT2D eigenvalue weighted by molar-refractivity contribution is 4.94. The molecule has 0 unspecified atom stereocenters. The Labute approximate surface area is 102 Å². The number of rotatable bonds is 9. The van der Waals surface area contributed by atoms with Crippen molar-refractivity contribution in [3.63, 3.8) is 0 Å². The zero-order valence-corrected chi connectivity index (χ0v) is 11.6. The maximum absolute atomic E-state index is 3.45. The molecule has 0 saturated carbocycles. The van der Waals surface area contributed by atoms with E-state index in [2.05, 4.69) is 26.1 Å². The largest absolute Gasteiger partial charge is 0.316 e. The lowest BCUT2D eigenvalue weighted by molar-refractivity contribution is 0.0835. The van der Waals surface area contributed by atoms with E-state index in [1.807, 2.05) is 0 Å². The predicted molar refractivity (Wildman–Crippen MR) is 72.8 cm³/mol. The standard InChI is InChI=1S/C15H31N/c1-4-5-6-7-8-9-10-11-15(14(2)3)12-16-13-15/h14,16H,4-13H2,1-3H3. The zero-order chi connectivity index (χ0) is 11.9. The van der Waals surface area contributed by atoms with Gasteiger partial charge in [-0.05, 0) is 17.8 Å². The minimum atomic E-state index is 0.656. The molecular weight excluding hydrogens is 194 g/mol. The summed E-state index contributed by atoms with van der Waals surface area (Å²) in [6.07, 6.45) is 11.5. The number of nitrogens with one attached hydrogen (secondary N) is 1. The second kappa shape index (κ2) is 7.32. The Kier molecular flexibility index (Phi) is 6.41. The molecule has 0 aromatic heterocycles. The van der Waals surface area contributed by atoms with Crippen LogP contribution in [0.3, 0.4) is 0 Å². The molecule has 1 rings (SSSR count). The van der Waals surface area contributed by atoms with E-state index in [0.717, 1.165) is 5.92 Å². The van der Waals surface area contributed by atoms with Gasteiger partial charge in [0.1, 0.15) is 0 Å². The van der Waals surface area contributed by atoms with Crippen LogP contribution < -0.4 is 5.32 Å². The van der Waals surface area contributed by atoms with E-state index in [1.54, 1.807) is 0 Å². The molecular formula is C15H31N. The highest BCUT2D eigenvalue weighted by Crippen LogP contribution is 2.37. The van der Waals surface area contributed by atoms with E-state index in [4.69, 9.17) is 0 Å². The van der Waals surface area contributed by atoms with Crippen molar-refractivity contribution in [2.75, 3.05) is 13.1 Å². The molecule has 1 saturated heterocycles. The van der Waals surface area contributed by atoms with Crippen molar-refractivity contribution in [2.45, 2.75) is 72.1 Å². The molecule has 1 aliphatic heterocycles. The van der Waals surface area contributed by atoms with Gasteiger partial charge in [0, 0.05) is 13.1 Å². The van der Waals surface area contributed by atoms with Crippen molar-refractivity contribution < 1.29 is 0 Å². The fourth-order valence-corrected chi connectivity index (χ4v) is 2.75. The van der Waals surface area contributed by atoms with Gasteiger partial charge in [0.25, 0.3) is 0 Å². The molecule has 0 aromatic rings. The number of hydrogen-bond donors (Lipinski definition) is 1. The molecule has 0 amide bonds. The van der Waals surface area contributed by atoms with Crippen LogP contribution in [0.4, 0.5) is 0 Å². The van der Waals surface area contributed by atoms with Gasteiger partial charge >= 0.3 is 0 Å². The minimum absolute atomic E-state index is 0.656. The van der Waals surface area contributed by atoms with Crippen LogP contribution in [-0.4, -0.2) is 13.1 Å². The normalized spacial score (nSPS) is 18.8. The molecule has 0 aliphatic carbocycles. The maximum atomic E-state index is 3.45. The van der Waals surface area contributed by atoms with Crippen molar-refractivity contribution in [3.8, 4) is 0 Å².